The van der Waals surface area contributed by atoms with E-state index < -0.39 is 0 Å². The highest BCUT2D eigenvalue weighted by Gasteiger charge is 2.07. The summed E-state index contributed by atoms with van der Waals surface area (Å²) in [6.07, 6.45) is 4.61. The van der Waals surface area contributed by atoms with Gasteiger partial charge in [-0.15, -0.1) is 0 Å². The van der Waals surface area contributed by atoms with Gasteiger partial charge in [0.2, 0.25) is 0 Å². The third kappa shape index (κ3) is 3.00. The van der Waals surface area contributed by atoms with Crippen LogP contribution >= 0.6 is 0 Å². The first-order valence-electron chi connectivity index (χ1n) is 5.41. The van der Waals surface area contributed by atoms with Crippen LogP contribution in [-0.2, 0) is 13.5 Å². The van der Waals surface area contributed by atoms with Gasteiger partial charge in [-0.25, -0.2) is 4.39 Å². The standard InChI is InChI=1S/C13H13FN2O/c1-16-9-10(8-15-16)5-6-13(17)11-3-2-4-12(14)7-11/h2-4,7-9H,5-6H2,1H3. The molecule has 0 spiro atoms. The van der Waals surface area contributed by atoms with Crippen LogP contribution in [0.1, 0.15) is 22.3 Å². The molecule has 17 heavy (non-hydrogen) atoms. The number of aryl methyl sites for hydroxylation is 2. The number of ketones is 1. The predicted octanol–water partition coefficient (Wildman–Crippen LogP) is 2.37. The van der Waals surface area contributed by atoms with Crippen LogP contribution in [0.2, 0.25) is 0 Å². The number of carbonyl (C=O) groups excluding carboxylic acids is 1. The molecular formula is C13H13FN2O. The van der Waals surface area contributed by atoms with Gasteiger partial charge in [0.15, 0.2) is 5.78 Å². The van der Waals surface area contributed by atoms with E-state index in [-0.39, 0.29) is 11.6 Å². The van der Waals surface area contributed by atoms with E-state index in [9.17, 15) is 9.18 Å². The molecule has 0 bridgehead atoms. The lowest BCUT2D eigenvalue weighted by Gasteiger charge is -1.99. The minimum absolute atomic E-state index is 0.0478. The molecule has 4 heteroatoms. The van der Waals surface area contributed by atoms with E-state index in [1.54, 1.807) is 23.0 Å². The molecule has 0 aliphatic carbocycles. The molecule has 0 fully saturated rings. The van der Waals surface area contributed by atoms with Gasteiger partial charge in [-0.05, 0) is 24.1 Å². The molecule has 1 aromatic carbocycles. The second-order valence-corrected chi connectivity index (χ2v) is 3.96. The summed E-state index contributed by atoms with van der Waals surface area (Å²) in [5.41, 5.74) is 1.44. The largest absolute Gasteiger partial charge is 0.294 e. The molecule has 1 aromatic heterocycles. The molecule has 2 aromatic rings. The van der Waals surface area contributed by atoms with Gasteiger partial charge in [-0.1, -0.05) is 12.1 Å². The Bertz CT molecular complexity index is 534. The number of hydrogen-bond acceptors (Lipinski definition) is 2. The first-order valence-corrected chi connectivity index (χ1v) is 5.41. The lowest BCUT2D eigenvalue weighted by atomic mass is 10.0. The van der Waals surface area contributed by atoms with Crippen molar-refractivity contribution in [1.29, 1.82) is 0 Å². The molecule has 1 heterocycles. The lowest BCUT2D eigenvalue weighted by Crippen LogP contribution is -2.01. The SMILES string of the molecule is Cn1cc(CCC(=O)c2cccc(F)c2)cn1. The Labute approximate surface area is 98.9 Å². The van der Waals surface area contributed by atoms with Crippen LogP contribution < -0.4 is 0 Å². The van der Waals surface area contributed by atoms with Crippen molar-refractivity contribution >= 4 is 5.78 Å². The maximum absolute atomic E-state index is 12.9. The van der Waals surface area contributed by atoms with Crippen LogP contribution in [0.4, 0.5) is 4.39 Å². The third-order valence-corrected chi connectivity index (χ3v) is 2.55. The monoisotopic (exact) mass is 232 g/mol. The van der Waals surface area contributed by atoms with Crippen LogP contribution in [0.25, 0.3) is 0 Å². The molecule has 2 rings (SSSR count). The van der Waals surface area contributed by atoms with E-state index in [2.05, 4.69) is 5.10 Å². The van der Waals surface area contributed by atoms with Gasteiger partial charge in [-0.3, -0.25) is 9.48 Å². The second kappa shape index (κ2) is 4.91. The Morgan fingerprint density at radius 2 is 2.29 bits per heavy atom. The molecule has 0 atom stereocenters. The van der Waals surface area contributed by atoms with Crippen LogP contribution in [0.15, 0.2) is 36.7 Å². The number of nitrogens with zero attached hydrogens (tertiary/aromatic N) is 2. The zero-order valence-corrected chi connectivity index (χ0v) is 9.56. The molecular weight excluding hydrogens is 219 g/mol. The van der Waals surface area contributed by atoms with E-state index >= 15 is 0 Å². The van der Waals surface area contributed by atoms with E-state index in [1.807, 2.05) is 13.2 Å². The Kier molecular flexibility index (Phi) is 3.32. The topological polar surface area (TPSA) is 34.9 Å². The summed E-state index contributed by atoms with van der Waals surface area (Å²) in [5, 5.41) is 4.03. The van der Waals surface area contributed by atoms with Crippen molar-refractivity contribution in [2.24, 2.45) is 7.05 Å². The highest BCUT2D eigenvalue weighted by atomic mass is 19.1. The summed E-state index contributed by atoms with van der Waals surface area (Å²) < 4.78 is 14.6. The fourth-order valence-corrected chi connectivity index (χ4v) is 1.67. The fraction of sp³-hybridized carbons (Fsp3) is 0.231. The Balaban J connectivity index is 1.98. The minimum atomic E-state index is -0.378. The van der Waals surface area contributed by atoms with Gasteiger partial charge in [0.05, 0.1) is 6.20 Å². The smallest absolute Gasteiger partial charge is 0.163 e. The number of rotatable bonds is 4. The van der Waals surface area contributed by atoms with Gasteiger partial charge in [-0.2, -0.15) is 5.10 Å². The summed E-state index contributed by atoms with van der Waals surface area (Å²) in [6, 6.07) is 5.78. The fourth-order valence-electron chi connectivity index (χ4n) is 1.67. The van der Waals surface area contributed by atoms with Crippen LogP contribution in [-0.4, -0.2) is 15.6 Å². The zero-order valence-electron chi connectivity index (χ0n) is 9.56. The molecule has 0 radical (unpaired) electrons. The first-order chi connectivity index (χ1) is 8.15. The quantitative estimate of drug-likeness (QED) is 0.758. The van der Waals surface area contributed by atoms with Crippen LogP contribution in [0.3, 0.4) is 0 Å². The average Bonchev–Trinajstić information content (AvgIpc) is 2.72. The third-order valence-electron chi connectivity index (χ3n) is 2.55. The Morgan fingerprint density at radius 3 is 2.94 bits per heavy atom. The number of halogens is 1. The summed E-state index contributed by atoms with van der Waals surface area (Å²) in [7, 11) is 1.83. The highest BCUT2D eigenvalue weighted by Crippen LogP contribution is 2.09. The van der Waals surface area contributed by atoms with Crippen molar-refractivity contribution in [1.82, 2.24) is 9.78 Å². The van der Waals surface area contributed by atoms with E-state index in [0.717, 1.165) is 5.56 Å². The molecule has 0 aliphatic heterocycles. The lowest BCUT2D eigenvalue weighted by molar-refractivity contribution is 0.0982. The number of aromatic nitrogens is 2. The maximum Gasteiger partial charge on any atom is 0.163 e. The Morgan fingerprint density at radius 1 is 1.47 bits per heavy atom. The van der Waals surface area contributed by atoms with Crippen molar-refractivity contribution in [2.45, 2.75) is 12.8 Å². The summed E-state index contributed by atoms with van der Waals surface area (Å²) >= 11 is 0. The number of hydrogen-bond donors (Lipinski definition) is 0. The molecule has 88 valence electrons. The average molecular weight is 232 g/mol. The molecule has 0 N–H and O–H groups in total. The maximum atomic E-state index is 12.9. The minimum Gasteiger partial charge on any atom is -0.294 e. The van der Waals surface area contributed by atoms with E-state index in [0.29, 0.717) is 18.4 Å². The van der Waals surface area contributed by atoms with Gasteiger partial charge in [0.25, 0.3) is 0 Å². The summed E-state index contributed by atoms with van der Waals surface area (Å²) in [5.74, 6) is -0.425. The molecule has 0 aliphatic rings. The summed E-state index contributed by atoms with van der Waals surface area (Å²) in [4.78, 5) is 11.8. The van der Waals surface area contributed by atoms with E-state index in [4.69, 9.17) is 0 Å². The van der Waals surface area contributed by atoms with Gasteiger partial charge in [0, 0.05) is 25.2 Å². The van der Waals surface area contributed by atoms with Crippen molar-refractivity contribution in [2.75, 3.05) is 0 Å². The van der Waals surface area contributed by atoms with Gasteiger partial charge in [0.1, 0.15) is 5.82 Å². The molecule has 0 saturated heterocycles. The highest BCUT2D eigenvalue weighted by molar-refractivity contribution is 5.96. The number of carbonyl (C=O) groups is 1. The van der Waals surface area contributed by atoms with Gasteiger partial charge < -0.3 is 0 Å². The molecule has 0 saturated carbocycles. The molecule has 3 nitrogen and oxygen atoms in total. The summed E-state index contributed by atoms with van der Waals surface area (Å²) in [6.45, 7) is 0. The number of benzene rings is 1. The predicted molar refractivity (Wildman–Crippen MR) is 62.3 cm³/mol. The van der Waals surface area contributed by atoms with Crippen LogP contribution in [0.5, 0.6) is 0 Å². The molecule has 0 amide bonds. The van der Waals surface area contributed by atoms with E-state index in [1.165, 1.54) is 12.1 Å². The number of Topliss-reactive ketones (excluding diaryl/α,β-unsaturated/α-hetero) is 1. The first kappa shape index (κ1) is 11.5. The van der Waals surface area contributed by atoms with Crippen molar-refractivity contribution in [3.05, 3.63) is 53.6 Å². The van der Waals surface area contributed by atoms with Crippen molar-refractivity contribution in [3.63, 3.8) is 0 Å². The van der Waals surface area contributed by atoms with Gasteiger partial charge >= 0.3 is 0 Å². The van der Waals surface area contributed by atoms with Crippen LogP contribution in [0, 0.1) is 5.82 Å². The zero-order chi connectivity index (χ0) is 12.3. The Hall–Kier alpha value is -1.97. The second-order valence-electron chi connectivity index (χ2n) is 3.96. The molecule has 0 unspecified atom stereocenters. The normalized spacial score (nSPS) is 10.5. The van der Waals surface area contributed by atoms with Crippen molar-refractivity contribution < 1.29 is 9.18 Å². The van der Waals surface area contributed by atoms with Crippen molar-refractivity contribution in [3.8, 4) is 0 Å².